The predicted octanol–water partition coefficient (Wildman–Crippen LogP) is 3.32. The van der Waals surface area contributed by atoms with E-state index in [2.05, 4.69) is 10.3 Å². The molecule has 8 heteroatoms. The lowest BCUT2D eigenvalue weighted by Gasteiger charge is -2.09. The maximum Gasteiger partial charge on any atom is 0.293 e. The second-order valence-corrected chi connectivity index (χ2v) is 6.95. The lowest BCUT2D eigenvalue weighted by Crippen LogP contribution is -2.21. The summed E-state index contributed by atoms with van der Waals surface area (Å²) in [6.45, 7) is 1.73. The van der Waals surface area contributed by atoms with Gasteiger partial charge in [-0.25, -0.2) is 4.99 Å². The molecule has 1 atom stereocenters. The summed E-state index contributed by atoms with van der Waals surface area (Å²) in [5, 5.41) is 13.6. The van der Waals surface area contributed by atoms with E-state index >= 15 is 0 Å². The van der Waals surface area contributed by atoms with E-state index in [1.807, 2.05) is 30.3 Å². The van der Waals surface area contributed by atoms with Gasteiger partial charge in [-0.05, 0) is 18.6 Å². The molecule has 0 saturated heterocycles. The van der Waals surface area contributed by atoms with Crippen molar-refractivity contribution in [3.05, 3.63) is 69.8 Å². The van der Waals surface area contributed by atoms with Crippen LogP contribution in [0.1, 0.15) is 17.5 Å². The molecule has 2 aromatic carbocycles. The summed E-state index contributed by atoms with van der Waals surface area (Å²) in [5.41, 5.74) is 1.48. The molecule has 3 rings (SSSR count). The van der Waals surface area contributed by atoms with Gasteiger partial charge < -0.3 is 5.32 Å². The minimum absolute atomic E-state index is 0.103. The molecule has 0 bridgehead atoms. The van der Waals surface area contributed by atoms with Crippen LogP contribution in [0.2, 0.25) is 0 Å². The van der Waals surface area contributed by atoms with Crippen LogP contribution >= 0.6 is 11.8 Å². The molecule has 26 heavy (non-hydrogen) atoms. The Morgan fingerprint density at radius 3 is 2.69 bits per heavy atom. The van der Waals surface area contributed by atoms with E-state index in [4.69, 9.17) is 0 Å². The van der Waals surface area contributed by atoms with E-state index < -0.39 is 16.1 Å². The molecule has 132 valence electrons. The number of nitro benzene ring substituents is 1. The molecule has 7 nitrogen and oxygen atoms in total. The molecule has 0 spiro atoms. The average Bonchev–Trinajstić information content (AvgIpc) is 2.97. The molecular formula is C18H15N3O4S. The number of aliphatic imine (C=N–C) groups is 1. The zero-order chi connectivity index (χ0) is 18.7. The van der Waals surface area contributed by atoms with Crippen molar-refractivity contribution in [2.24, 2.45) is 4.99 Å². The maximum atomic E-state index is 12.3. The second-order valence-electron chi connectivity index (χ2n) is 5.76. The van der Waals surface area contributed by atoms with Crippen molar-refractivity contribution in [3.8, 4) is 0 Å². The van der Waals surface area contributed by atoms with Crippen LogP contribution in [0, 0.1) is 17.0 Å². The van der Waals surface area contributed by atoms with E-state index in [9.17, 15) is 19.7 Å². The van der Waals surface area contributed by atoms with Crippen molar-refractivity contribution in [2.75, 3.05) is 5.32 Å². The zero-order valence-electron chi connectivity index (χ0n) is 13.8. The highest BCUT2D eigenvalue weighted by molar-refractivity contribution is 8.16. The summed E-state index contributed by atoms with van der Waals surface area (Å²) >= 11 is 1.23. The molecule has 0 fully saturated rings. The fourth-order valence-corrected chi connectivity index (χ4v) is 3.57. The molecule has 0 radical (unpaired) electrons. The number of hydrogen-bond acceptors (Lipinski definition) is 5. The first-order chi connectivity index (χ1) is 12.4. The quantitative estimate of drug-likeness (QED) is 0.643. The van der Waals surface area contributed by atoms with E-state index in [0.717, 1.165) is 11.1 Å². The predicted molar refractivity (Wildman–Crippen MR) is 100 cm³/mol. The Hall–Kier alpha value is -3.00. The van der Waals surface area contributed by atoms with Crippen molar-refractivity contribution in [1.82, 2.24) is 0 Å². The summed E-state index contributed by atoms with van der Waals surface area (Å²) in [7, 11) is 0. The molecule has 2 aromatic rings. The van der Waals surface area contributed by atoms with E-state index in [1.165, 1.54) is 23.9 Å². The van der Waals surface area contributed by atoms with Crippen molar-refractivity contribution in [3.63, 3.8) is 0 Å². The van der Waals surface area contributed by atoms with E-state index in [0.29, 0.717) is 5.04 Å². The molecule has 0 aromatic heterocycles. The number of nitrogens with zero attached hydrogens (tertiary/aromatic N) is 2. The summed E-state index contributed by atoms with van der Waals surface area (Å²) in [4.78, 5) is 38.9. The van der Waals surface area contributed by atoms with Gasteiger partial charge in [0.1, 0.15) is 16.0 Å². The number of hydrogen-bond donors (Lipinski definition) is 1. The Balaban J connectivity index is 1.67. The number of thioether (sulfide) groups is 1. The number of benzene rings is 2. The van der Waals surface area contributed by atoms with Gasteiger partial charge in [-0.15, -0.1) is 0 Å². The summed E-state index contributed by atoms with van der Waals surface area (Å²) in [6.07, 6.45) is -0.103. The molecule has 0 saturated carbocycles. The standard InChI is InChI=1S/C18H15N3O4S/c1-11-7-8-13(14(9-11)21(24)25)19-16(22)10-15-17(23)20-18(26-15)12-5-3-2-4-6-12/h2-9,15H,10H2,1H3,(H,19,22)/t15-/m1/s1. The third kappa shape index (κ3) is 3.97. The summed E-state index contributed by atoms with van der Waals surface area (Å²) in [5.74, 6) is -0.838. The number of carbonyl (C=O) groups excluding carboxylic acids is 2. The first kappa shape index (κ1) is 17.8. The molecule has 0 aliphatic carbocycles. The van der Waals surface area contributed by atoms with Crippen LogP contribution in [0.25, 0.3) is 0 Å². The number of nitrogens with one attached hydrogen (secondary N) is 1. The van der Waals surface area contributed by atoms with Gasteiger partial charge in [0, 0.05) is 18.1 Å². The van der Waals surface area contributed by atoms with Crippen LogP contribution in [-0.4, -0.2) is 27.0 Å². The highest BCUT2D eigenvalue weighted by Crippen LogP contribution is 2.30. The minimum atomic E-state index is -0.630. The number of nitro groups is 1. The van der Waals surface area contributed by atoms with Crippen LogP contribution in [0.3, 0.4) is 0 Å². The molecular weight excluding hydrogens is 354 g/mol. The van der Waals surface area contributed by atoms with Crippen molar-refractivity contribution < 1.29 is 14.5 Å². The van der Waals surface area contributed by atoms with Crippen LogP contribution in [0.4, 0.5) is 11.4 Å². The smallest absolute Gasteiger partial charge is 0.293 e. The molecule has 1 aliphatic heterocycles. The first-order valence-corrected chi connectivity index (χ1v) is 8.71. The van der Waals surface area contributed by atoms with E-state index in [1.54, 1.807) is 13.0 Å². The minimum Gasteiger partial charge on any atom is -0.320 e. The lowest BCUT2D eigenvalue weighted by atomic mass is 10.2. The summed E-state index contributed by atoms with van der Waals surface area (Å²) in [6, 6.07) is 13.8. The van der Waals surface area contributed by atoms with Gasteiger partial charge in [0.2, 0.25) is 5.91 Å². The number of amides is 2. The highest BCUT2D eigenvalue weighted by Gasteiger charge is 2.31. The zero-order valence-corrected chi connectivity index (χ0v) is 14.7. The summed E-state index contributed by atoms with van der Waals surface area (Å²) < 4.78 is 0. The van der Waals surface area contributed by atoms with Crippen molar-refractivity contribution in [1.29, 1.82) is 0 Å². The third-order valence-corrected chi connectivity index (χ3v) is 4.96. The third-order valence-electron chi connectivity index (χ3n) is 3.76. The Kier molecular flexibility index (Phi) is 5.13. The van der Waals surface area contributed by atoms with Crippen LogP contribution in [0.5, 0.6) is 0 Å². The lowest BCUT2D eigenvalue weighted by molar-refractivity contribution is -0.384. The Labute approximate surface area is 153 Å². The number of anilines is 1. The largest absolute Gasteiger partial charge is 0.320 e. The topological polar surface area (TPSA) is 102 Å². The van der Waals surface area contributed by atoms with Gasteiger partial charge in [0.25, 0.3) is 11.6 Å². The Bertz CT molecular complexity index is 912. The normalized spacial score (nSPS) is 16.3. The van der Waals surface area contributed by atoms with Gasteiger partial charge in [-0.3, -0.25) is 19.7 Å². The van der Waals surface area contributed by atoms with Gasteiger partial charge in [0.05, 0.1) is 4.92 Å². The molecule has 2 amide bonds. The number of aryl methyl sites for hydroxylation is 1. The van der Waals surface area contributed by atoms with Crippen LogP contribution in [-0.2, 0) is 9.59 Å². The van der Waals surface area contributed by atoms with Crippen LogP contribution < -0.4 is 5.32 Å². The monoisotopic (exact) mass is 369 g/mol. The average molecular weight is 369 g/mol. The molecule has 1 N–H and O–H groups in total. The highest BCUT2D eigenvalue weighted by atomic mass is 32.2. The fraction of sp³-hybridized carbons (Fsp3) is 0.167. The Morgan fingerprint density at radius 2 is 2.00 bits per heavy atom. The van der Waals surface area contributed by atoms with Gasteiger partial charge in [0.15, 0.2) is 0 Å². The van der Waals surface area contributed by atoms with Gasteiger partial charge in [-0.1, -0.05) is 48.2 Å². The van der Waals surface area contributed by atoms with Gasteiger partial charge in [-0.2, -0.15) is 0 Å². The fourth-order valence-electron chi connectivity index (χ4n) is 2.49. The maximum absolute atomic E-state index is 12.3. The molecule has 0 unspecified atom stereocenters. The van der Waals surface area contributed by atoms with Gasteiger partial charge >= 0.3 is 0 Å². The second kappa shape index (κ2) is 7.49. The molecule has 1 aliphatic rings. The number of rotatable bonds is 5. The van der Waals surface area contributed by atoms with Crippen LogP contribution in [0.15, 0.2) is 53.5 Å². The van der Waals surface area contributed by atoms with Crippen molar-refractivity contribution in [2.45, 2.75) is 18.6 Å². The first-order valence-electron chi connectivity index (χ1n) is 7.83. The van der Waals surface area contributed by atoms with E-state index in [-0.39, 0.29) is 23.7 Å². The molecule has 1 heterocycles. The SMILES string of the molecule is Cc1ccc(NC(=O)C[C@H]2SC(c3ccccc3)=NC2=O)c([N+](=O)[O-])c1. The Morgan fingerprint density at radius 1 is 1.27 bits per heavy atom. The van der Waals surface area contributed by atoms with Crippen molar-refractivity contribution >= 4 is 40.0 Å². The number of carbonyl (C=O) groups is 2.